The second kappa shape index (κ2) is 11.2. The number of nitrogens with one attached hydrogen (secondary N) is 2. The average molecular weight is 517 g/mol. The van der Waals surface area contributed by atoms with Crippen molar-refractivity contribution in [3.05, 3.63) is 71.0 Å². The number of ether oxygens (including phenoxy) is 1. The van der Waals surface area contributed by atoms with Crippen LogP contribution in [0.4, 0.5) is 5.95 Å². The fourth-order valence-electron chi connectivity index (χ4n) is 4.80. The first-order valence-corrected chi connectivity index (χ1v) is 12.9. The van der Waals surface area contributed by atoms with Crippen LogP contribution in [0.2, 0.25) is 0 Å². The lowest BCUT2D eigenvalue weighted by atomic mass is 10.0. The standard InChI is InChI=1S/C28H32N6O4/c1-17-4-3-5-19(14-17)24(16-35)32-26(36)18(2)34-15-20-6-7-22(31-25(20)27(34)37)23-8-11-29-28(33-23)30-21-9-12-38-13-10-21/h3-8,11,14,18,21,24,35H,9-10,12-13,15-16H2,1-2H3,(H,32,36)(H,29,30,33). The zero-order valence-corrected chi connectivity index (χ0v) is 21.6. The van der Waals surface area contributed by atoms with E-state index < -0.39 is 12.1 Å². The van der Waals surface area contributed by atoms with E-state index in [0.29, 0.717) is 36.2 Å². The van der Waals surface area contributed by atoms with Crippen molar-refractivity contribution in [2.75, 3.05) is 25.1 Å². The maximum Gasteiger partial charge on any atom is 0.273 e. The van der Waals surface area contributed by atoms with Crippen LogP contribution in [0.1, 0.15) is 53.0 Å². The van der Waals surface area contributed by atoms with Crippen LogP contribution >= 0.6 is 0 Å². The molecule has 198 valence electrons. The first kappa shape index (κ1) is 25.7. The summed E-state index contributed by atoms with van der Waals surface area (Å²) in [4.78, 5) is 41.4. The van der Waals surface area contributed by atoms with Gasteiger partial charge in [-0.25, -0.2) is 15.0 Å². The van der Waals surface area contributed by atoms with Gasteiger partial charge in [-0.2, -0.15) is 0 Å². The van der Waals surface area contributed by atoms with Gasteiger partial charge in [0, 0.05) is 37.6 Å². The molecule has 0 bridgehead atoms. The number of nitrogens with zero attached hydrogens (tertiary/aromatic N) is 4. The molecule has 5 rings (SSSR count). The zero-order chi connectivity index (χ0) is 26.6. The number of hydrogen-bond donors (Lipinski definition) is 3. The van der Waals surface area contributed by atoms with Crippen LogP contribution in [0.3, 0.4) is 0 Å². The number of rotatable bonds is 8. The smallest absolute Gasteiger partial charge is 0.273 e. The summed E-state index contributed by atoms with van der Waals surface area (Å²) >= 11 is 0. The van der Waals surface area contributed by atoms with Crippen LogP contribution < -0.4 is 10.6 Å². The van der Waals surface area contributed by atoms with Gasteiger partial charge in [-0.3, -0.25) is 9.59 Å². The molecule has 2 amide bonds. The average Bonchev–Trinajstić information content (AvgIpc) is 3.27. The number of carbonyl (C=O) groups excluding carboxylic acids is 2. The van der Waals surface area contributed by atoms with Gasteiger partial charge in [0.15, 0.2) is 0 Å². The maximum absolute atomic E-state index is 13.3. The molecule has 10 heteroatoms. The Labute approximate surface area is 221 Å². The van der Waals surface area contributed by atoms with Gasteiger partial charge in [-0.05, 0) is 44.4 Å². The zero-order valence-electron chi connectivity index (χ0n) is 21.6. The lowest BCUT2D eigenvalue weighted by Gasteiger charge is -2.26. The molecule has 2 aliphatic rings. The Bertz CT molecular complexity index is 1330. The number of fused-ring (bicyclic) bond motifs is 1. The molecule has 0 aliphatic carbocycles. The topological polar surface area (TPSA) is 130 Å². The Morgan fingerprint density at radius 1 is 1.16 bits per heavy atom. The number of anilines is 1. The number of aliphatic hydroxyl groups excluding tert-OH is 1. The fourth-order valence-corrected chi connectivity index (χ4v) is 4.80. The van der Waals surface area contributed by atoms with Crippen LogP contribution in [-0.2, 0) is 16.1 Å². The fraction of sp³-hybridized carbons (Fsp3) is 0.393. The minimum Gasteiger partial charge on any atom is -0.394 e. The molecule has 2 unspecified atom stereocenters. The summed E-state index contributed by atoms with van der Waals surface area (Å²) in [5.41, 5.74) is 4.09. The van der Waals surface area contributed by atoms with Crippen molar-refractivity contribution in [1.82, 2.24) is 25.2 Å². The second-order valence-electron chi connectivity index (χ2n) is 9.77. The summed E-state index contributed by atoms with van der Waals surface area (Å²) in [5.74, 6) is -0.135. The number of pyridine rings is 1. The lowest BCUT2D eigenvalue weighted by Crippen LogP contribution is -2.46. The van der Waals surface area contributed by atoms with E-state index in [4.69, 9.17) is 4.74 Å². The van der Waals surface area contributed by atoms with Gasteiger partial charge in [-0.1, -0.05) is 35.9 Å². The highest BCUT2D eigenvalue weighted by Gasteiger charge is 2.36. The minimum absolute atomic E-state index is 0.245. The number of amides is 2. The van der Waals surface area contributed by atoms with Gasteiger partial charge < -0.3 is 25.4 Å². The molecule has 2 aliphatic heterocycles. The van der Waals surface area contributed by atoms with Crippen molar-refractivity contribution in [1.29, 1.82) is 0 Å². The molecular weight excluding hydrogens is 484 g/mol. The third-order valence-electron chi connectivity index (χ3n) is 7.05. The number of benzene rings is 1. The highest BCUT2D eigenvalue weighted by atomic mass is 16.5. The number of carbonyl (C=O) groups is 2. The van der Waals surface area contributed by atoms with Crippen LogP contribution in [0.5, 0.6) is 0 Å². The van der Waals surface area contributed by atoms with Crippen molar-refractivity contribution >= 4 is 17.8 Å². The molecule has 0 saturated carbocycles. The molecule has 38 heavy (non-hydrogen) atoms. The molecule has 3 N–H and O–H groups in total. The van der Waals surface area contributed by atoms with E-state index in [1.807, 2.05) is 43.3 Å². The number of aromatic nitrogens is 3. The van der Waals surface area contributed by atoms with Gasteiger partial charge in [0.25, 0.3) is 5.91 Å². The van der Waals surface area contributed by atoms with E-state index in [2.05, 4.69) is 25.6 Å². The van der Waals surface area contributed by atoms with Crippen molar-refractivity contribution in [3.63, 3.8) is 0 Å². The van der Waals surface area contributed by atoms with E-state index in [9.17, 15) is 14.7 Å². The molecule has 0 radical (unpaired) electrons. The predicted octanol–water partition coefficient (Wildman–Crippen LogP) is 2.63. The van der Waals surface area contributed by atoms with Crippen molar-refractivity contribution in [3.8, 4) is 11.4 Å². The minimum atomic E-state index is -0.742. The Morgan fingerprint density at radius 3 is 2.71 bits per heavy atom. The Kier molecular flexibility index (Phi) is 7.62. The maximum atomic E-state index is 13.3. The van der Waals surface area contributed by atoms with Crippen LogP contribution in [0.25, 0.3) is 11.4 Å². The van der Waals surface area contributed by atoms with Gasteiger partial charge in [0.05, 0.1) is 24.0 Å². The molecule has 1 saturated heterocycles. The van der Waals surface area contributed by atoms with Crippen LogP contribution in [0.15, 0.2) is 48.7 Å². The summed E-state index contributed by atoms with van der Waals surface area (Å²) < 4.78 is 5.41. The number of aryl methyl sites for hydroxylation is 1. The first-order valence-electron chi connectivity index (χ1n) is 12.9. The third-order valence-corrected chi connectivity index (χ3v) is 7.05. The molecule has 4 heterocycles. The molecule has 10 nitrogen and oxygen atoms in total. The van der Waals surface area contributed by atoms with E-state index in [1.165, 1.54) is 4.90 Å². The van der Waals surface area contributed by atoms with Crippen LogP contribution in [0, 0.1) is 6.92 Å². The molecule has 3 aromatic rings. The molecular formula is C28H32N6O4. The molecule has 2 aromatic heterocycles. The summed E-state index contributed by atoms with van der Waals surface area (Å²) in [6.45, 7) is 5.10. The first-order chi connectivity index (χ1) is 18.4. The number of hydrogen-bond acceptors (Lipinski definition) is 8. The molecule has 0 spiro atoms. The molecule has 1 aromatic carbocycles. The van der Waals surface area contributed by atoms with Gasteiger partial charge >= 0.3 is 0 Å². The summed E-state index contributed by atoms with van der Waals surface area (Å²) in [6.07, 6.45) is 3.46. The normalized spacial score (nSPS) is 17.1. The lowest BCUT2D eigenvalue weighted by molar-refractivity contribution is -0.126. The van der Waals surface area contributed by atoms with Crippen molar-refractivity contribution in [2.24, 2.45) is 0 Å². The summed E-state index contributed by atoms with van der Waals surface area (Å²) in [6, 6.07) is 12.0. The van der Waals surface area contributed by atoms with Gasteiger partial charge in [0.2, 0.25) is 11.9 Å². The van der Waals surface area contributed by atoms with Crippen molar-refractivity contribution < 1.29 is 19.4 Å². The van der Waals surface area contributed by atoms with E-state index in [0.717, 1.165) is 29.5 Å². The molecule has 2 atom stereocenters. The highest BCUT2D eigenvalue weighted by Crippen LogP contribution is 2.27. The SMILES string of the molecule is Cc1cccc(C(CO)NC(=O)C(C)N2Cc3ccc(-c4ccnc(NC5CCOCC5)n4)nc3C2=O)c1. The monoisotopic (exact) mass is 516 g/mol. The largest absolute Gasteiger partial charge is 0.394 e. The summed E-state index contributed by atoms with van der Waals surface area (Å²) in [7, 11) is 0. The van der Waals surface area contributed by atoms with Gasteiger partial charge in [-0.15, -0.1) is 0 Å². The quantitative estimate of drug-likeness (QED) is 0.417. The van der Waals surface area contributed by atoms with E-state index in [-0.39, 0.29) is 31.0 Å². The number of aliphatic hydroxyl groups is 1. The van der Waals surface area contributed by atoms with E-state index in [1.54, 1.807) is 19.2 Å². The van der Waals surface area contributed by atoms with Gasteiger partial charge in [0.1, 0.15) is 11.7 Å². The Balaban J connectivity index is 1.28. The third kappa shape index (κ3) is 5.51. The van der Waals surface area contributed by atoms with Crippen molar-refractivity contribution in [2.45, 2.75) is 51.4 Å². The second-order valence-corrected chi connectivity index (χ2v) is 9.77. The predicted molar refractivity (Wildman–Crippen MR) is 141 cm³/mol. The van der Waals surface area contributed by atoms with Crippen LogP contribution in [-0.4, -0.2) is 68.7 Å². The molecule has 1 fully saturated rings. The highest BCUT2D eigenvalue weighted by molar-refractivity contribution is 6.00. The summed E-state index contributed by atoms with van der Waals surface area (Å²) in [5, 5.41) is 16.1. The Morgan fingerprint density at radius 2 is 1.95 bits per heavy atom. The van der Waals surface area contributed by atoms with E-state index >= 15 is 0 Å². The Hall–Kier alpha value is -3.89.